The second kappa shape index (κ2) is 13.9. The molecule has 200 valence electrons. The first kappa shape index (κ1) is 29.1. The third-order valence-electron chi connectivity index (χ3n) is 6.82. The summed E-state index contributed by atoms with van der Waals surface area (Å²) in [4.78, 5) is 0. The van der Waals surface area contributed by atoms with Gasteiger partial charge in [-0.25, -0.2) is 17.6 Å². The van der Waals surface area contributed by atoms with Gasteiger partial charge in [0.15, 0.2) is 14.6 Å². The lowest BCUT2D eigenvalue weighted by Crippen LogP contribution is -2.20. The zero-order valence-electron chi connectivity index (χ0n) is 21.9. The topological polar surface area (TPSA) is 47.7 Å². The maximum atomic E-state index is 13.5. The fraction of sp³-hybridized carbons (Fsp3) is 0.188. The van der Waals surface area contributed by atoms with Crippen LogP contribution in [0.25, 0.3) is 0 Å². The Balaban J connectivity index is 1.32. The second-order valence-corrected chi connectivity index (χ2v) is 9.68. The van der Waals surface area contributed by atoms with Crippen molar-refractivity contribution in [3.63, 3.8) is 0 Å². The highest BCUT2D eigenvalue weighted by molar-refractivity contribution is 6.76. The number of nitrogens with one attached hydrogen (secondary N) is 2. The Kier molecular flexibility index (Phi) is 10.1. The molecule has 4 rings (SSSR count). The van der Waals surface area contributed by atoms with Crippen molar-refractivity contribution >= 4 is 25.8 Å². The molecule has 0 heterocycles. The summed E-state index contributed by atoms with van der Waals surface area (Å²) in [6.07, 6.45) is 2.84. The highest BCUT2D eigenvalue weighted by atomic mass is 19.1. The molecule has 40 heavy (non-hydrogen) atoms. The summed E-state index contributed by atoms with van der Waals surface area (Å²) < 4.78 is 54.0. The molecule has 0 aliphatic carbocycles. The molecule has 0 saturated heterocycles. The van der Waals surface area contributed by atoms with Crippen molar-refractivity contribution in [3.8, 4) is 0 Å². The van der Waals surface area contributed by atoms with Crippen molar-refractivity contribution in [3.05, 3.63) is 143 Å². The summed E-state index contributed by atoms with van der Waals surface area (Å²) in [5.74, 6) is -2.32. The van der Waals surface area contributed by atoms with E-state index in [9.17, 15) is 17.6 Å². The number of hydrogen-bond donors (Lipinski definition) is 2. The van der Waals surface area contributed by atoms with E-state index in [2.05, 4.69) is 0 Å². The predicted octanol–water partition coefficient (Wildman–Crippen LogP) is 8.19. The van der Waals surface area contributed by atoms with Crippen molar-refractivity contribution in [1.82, 2.24) is 0 Å². The largest absolute Gasteiger partial charge is 0.319 e. The lowest BCUT2D eigenvalue weighted by atomic mass is 9.59. The van der Waals surface area contributed by atoms with Gasteiger partial charge in [-0.05, 0) is 82.0 Å². The zero-order chi connectivity index (χ0) is 28.5. The maximum absolute atomic E-state index is 13.5. The van der Waals surface area contributed by atoms with E-state index in [-0.39, 0.29) is 23.3 Å². The summed E-state index contributed by atoms with van der Waals surface area (Å²) >= 11 is 0. The van der Waals surface area contributed by atoms with Gasteiger partial charge in [0.25, 0.3) is 0 Å². The van der Waals surface area contributed by atoms with Crippen molar-refractivity contribution in [2.24, 2.45) is 0 Å². The molecule has 2 nitrogen and oxygen atoms in total. The molecule has 0 atom stereocenters. The van der Waals surface area contributed by atoms with Crippen LogP contribution in [0, 0.1) is 34.1 Å². The average Bonchev–Trinajstić information content (AvgIpc) is 2.95. The fourth-order valence-corrected chi connectivity index (χ4v) is 4.76. The van der Waals surface area contributed by atoms with E-state index in [4.69, 9.17) is 10.8 Å². The molecule has 0 aliphatic heterocycles. The van der Waals surface area contributed by atoms with Crippen LogP contribution >= 0.6 is 0 Å². The van der Waals surface area contributed by atoms with E-state index >= 15 is 0 Å². The van der Waals surface area contributed by atoms with Crippen LogP contribution in [-0.2, 0) is 0 Å². The molecular weight excluding hydrogens is 510 g/mol. The minimum absolute atomic E-state index is 0.350. The molecule has 0 aromatic heterocycles. The number of benzene rings is 4. The Labute approximate surface area is 234 Å². The average molecular weight is 538 g/mol. The first-order valence-electron chi connectivity index (χ1n) is 13.2. The van der Waals surface area contributed by atoms with Crippen molar-refractivity contribution in [1.29, 1.82) is 10.8 Å². The standard InChI is InChI=1S/C32H28B2F4N2/c35-25-11-3-21(4-12-25)29(22-5-13-26(36)14-6-22)31(39)33-19-1-2-20-34-32(40)30(23-7-15-27(37)16-8-23)24-9-17-28(38)18-10-24/h3-18,29-30,39-40H,1-2,19-20H2. The van der Waals surface area contributed by atoms with Crippen LogP contribution in [0.2, 0.25) is 12.6 Å². The van der Waals surface area contributed by atoms with Gasteiger partial charge >= 0.3 is 0 Å². The molecule has 0 unspecified atom stereocenters. The zero-order valence-corrected chi connectivity index (χ0v) is 21.9. The van der Waals surface area contributed by atoms with Crippen molar-refractivity contribution in [2.45, 2.75) is 37.3 Å². The first-order chi connectivity index (χ1) is 19.3. The molecule has 2 radical (unpaired) electrons. The lowest BCUT2D eigenvalue weighted by Gasteiger charge is -2.20. The van der Waals surface area contributed by atoms with Crippen LogP contribution < -0.4 is 0 Å². The Hall–Kier alpha value is -3.93. The van der Waals surface area contributed by atoms with Gasteiger partial charge in [-0.15, -0.1) is 0 Å². The summed E-state index contributed by atoms with van der Waals surface area (Å²) in [6, 6.07) is 24.0. The van der Waals surface area contributed by atoms with Crippen LogP contribution in [-0.4, -0.2) is 25.8 Å². The maximum Gasteiger partial charge on any atom is 0.172 e. The molecule has 0 amide bonds. The smallest absolute Gasteiger partial charge is 0.172 e. The molecule has 0 fully saturated rings. The Bertz CT molecular complexity index is 1210. The van der Waals surface area contributed by atoms with Crippen LogP contribution in [0.4, 0.5) is 17.6 Å². The first-order valence-corrected chi connectivity index (χ1v) is 13.2. The van der Waals surface area contributed by atoms with E-state index in [1.807, 2.05) is 14.6 Å². The highest BCUT2D eigenvalue weighted by Crippen LogP contribution is 2.28. The Morgan fingerprint density at radius 3 is 0.900 bits per heavy atom. The summed E-state index contributed by atoms with van der Waals surface area (Å²) in [5, 5.41) is 17.4. The van der Waals surface area contributed by atoms with Gasteiger partial charge in [0.1, 0.15) is 23.3 Å². The van der Waals surface area contributed by atoms with Crippen LogP contribution in [0.5, 0.6) is 0 Å². The fourth-order valence-electron chi connectivity index (χ4n) is 4.76. The molecule has 4 aromatic rings. The molecule has 0 aliphatic rings. The normalized spacial score (nSPS) is 11.1. The highest BCUT2D eigenvalue weighted by Gasteiger charge is 2.21. The molecule has 4 aromatic carbocycles. The van der Waals surface area contributed by atoms with Gasteiger partial charge < -0.3 is 10.8 Å². The van der Waals surface area contributed by atoms with Gasteiger partial charge in [0.05, 0.1) is 0 Å². The van der Waals surface area contributed by atoms with Gasteiger partial charge in [-0.3, -0.25) is 0 Å². The summed E-state index contributed by atoms with van der Waals surface area (Å²) in [5.41, 5.74) is 3.71. The van der Waals surface area contributed by atoms with E-state index in [1.165, 1.54) is 48.5 Å². The van der Waals surface area contributed by atoms with Crippen molar-refractivity contribution in [2.75, 3.05) is 0 Å². The van der Waals surface area contributed by atoms with Crippen LogP contribution in [0.1, 0.15) is 46.9 Å². The number of halogens is 4. The van der Waals surface area contributed by atoms with Gasteiger partial charge in [-0.2, -0.15) is 0 Å². The van der Waals surface area contributed by atoms with Gasteiger partial charge in [0.2, 0.25) is 0 Å². The molecule has 8 heteroatoms. The molecule has 2 N–H and O–H groups in total. The second-order valence-electron chi connectivity index (χ2n) is 9.68. The molecule has 0 bridgehead atoms. The minimum atomic E-state index is -0.437. The van der Waals surface area contributed by atoms with Crippen LogP contribution in [0.15, 0.2) is 97.1 Å². The summed E-state index contributed by atoms with van der Waals surface area (Å²) in [6.45, 7) is 0. The Morgan fingerprint density at radius 2 is 0.675 bits per heavy atom. The quantitative estimate of drug-likeness (QED) is 0.0747. The van der Waals surface area contributed by atoms with E-state index in [0.29, 0.717) is 23.9 Å². The lowest BCUT2D eigenvalue weighted by molar-refractivity contribution is 0.625. The number of unbranched alkanes of at least 4 members (excludes halogenated alkanes) is 1. The summed E-state index contributed by atoms with van der Waals surface area (Å²) in [7, 11) is 3.67. The molecule has 0 spiro atoms. The molecule has 0 saturated carbocycles. The number of rotatable bonds is 13. The van der Waals surface area contributed by atoms with E-state index < -0.39 is 11.8 Å². The third kappa shape index (κ3) is 7.81. The monoisotopic (exact) mass is 538 g/mol. The Morgan fingerprint density at radius 1 is 0.450 bits per heavy atom. The molecular formula is C32H28B2F4N2. The predicted molar refractivity (Wildman–Crippen MR) is 155 cm³/mol. The number of hydrogen-bond acceptors (Lipinski definition) is 2. The van der Waals surface area contributed by atoms with Gasteiger partial charge in [-0.1, -0.05) is 74.0 Å². The SMILES string of the molecule is N=C([B]CCCC[B]C(=N)C(c1ccc(F)cc1)c1ccc(F)cc1)C(c1ccc(F)cc1)c1ccc(F)cc1. The van der Waals surface area contributed by atoms with Crippen molar-refractivity contribution < 1.29 is 17.6 Å². The van der Waals surface area contributed by atoms with Crippen LogP contribution in [0.3, 0.4) is 0 Å². The van der Waals surface area contributed by atoms with E-state index in [0.717, 1.165) is 35.1 Å². The minimum Gasteiger partial charge on any atom is -0.319 e. The third-order valence-corrected chi connectivity index (χ3v) is 6.82. The van der Waals surface area contributed by atoms with E-state index in [1.54, 1.807) is 48.5 Å². The van der Waals surface area contributed by atoms with Gasteiger partial charge in [0, 0.05) is 11.8 Å².